The van der Waals surface area contributed by atoms with Gasteiger partial charge in [0.1, 0.15) is 0 Å². The van der Waals surface area contributed by atoms with Crippen LogP contribution in [0.5, 0.6) is 0 Å². The summed E-state index contributed by atoms with van der Waals surface area (Å²) in [6.45, 7) is 7.98. The molecule has 98 valence electrons. The Morgan fingerprint density at radius 1 is 1.35 bits per heavy atom. The molecule has 2 rings (SSSR count). The molecule has 2 aliphatic rings. The topological polar surface area (TPSA) is 29.5 Å². The molecule has 0 aromatic rings. The maximum absolute atomic E-state index is 11.9. The van der Waals surface area contributed by atoms with E-state index in [1.807, 2.05) is 18.7 Å². The average molecular weight is 257 g/mol. The summed E-state index contributed by atoms with van der Waals surface area (Å²) >= 11 is 0. The second-order valence-electron chi connectivity index (χ2n) is 5.83. The predicted molar refractivity (Wildman–Crippen MR) is 71.4 cm³/mol. The molecule has 1 amide bonds. The fourth-order valence-corrected chi connectivity index (χ4v) is 3.63. The van der Waals surface area contributed by atoms with E-state index in [0.29, 0.717) is 26.2 Å². The van der Waals surface area contributed by atoms with Crippen molar-refractivity contribution in [3.63, 3.8) is 0 Å². The molecule has 0 N–H and O–H groups in total. The quantitative estimate of drug-likeness (QED) is 0.727. The number of nitrogens with zero attached hydrogens (tertiary/aromatic N) is 1. The van der Waals surface area contributed by atoms with Gasteiger partial charge in [0, 0.05) is 27.8 Å². The van der Waals surface area contributed by atoms with E-state index in [9.17, 15) is 4.79 Å². The average Bonchev–Trinajstić information content (AvgIpc) is 2.27. The van der Waals surface area contributed by atoms with Crippen LogP contribution in [0.4, 0.5) is 0 Å². The summed E-state index contributed by atoms with van der Waals surface area (Å²) in [5.74, 6) is 0.463. The largest absolute Gasteiger partial charge is 0.359 e. The van der Waals surface area contributed by atoms with Crippen molar-refractivity contribution >= 4 is 14.7 Å². The van der Waals surface area contributed by atoms with Crippen LogP contribution in [0, 0.1) is 11.3 Å². The summed E-state index contributed by atoms with van der Waals surface area (Å²) in [4.78, 5) is 13.9. The molecule has 0 aromatic heterocycles. The third-order valence-electron chi connectivity index (χ3n) is 4.24. The molecule has 1 aliphatic carbocycles. The number of rotatable bonds is 3. The van der Waals surface area contributed by atoms with Gasteiger partial charge >= 0.3 is 0 Å². The second-order valence-corrected chi connectivity index (χ2v) is 6.48. The van der Waals surface area contributed by atoms with Crippen LogP contribution < -0.4 is 0 Å². The summed E-state index contributed by atoms with van der Waals surface area (Å²) < 4.78 is 5.67. The highest BCUT2D eigenvalue weighted by Crippen LogP contribution is 2.51. The maximum atomic E-state index is 11.9. The number of carbonyl (C=O) groups is 1. The molecule has 17 heavy (non-hydrogen) atoms. The monoisotopic (exact) mass is 257 g/mol. The molecule has 3 nitrogen and oxygen atoms in total. The number of amides is 1. The van der Waals surface area contributed by atoms with E-state index in [1.165, 1.54) is 25.7 Å². The van der Waals surface area contributed by atoms with Gasteiger partial charge in [-0.1, -0.05) is 13.8 Å². The third kappa shape index (κ3) is 2.82. The summed E-state index contributed by atoms with van der Waals surface area (Å²) in [6, 6.07) is 0. The Morgan fingerprint density at radius 2 is 1.94 bits per heavy atom. The summed E-state index contributed by atoms with van der Waals surface area (Å²) in [5.41, 5.74) is 0.512. The molecular formula is C13H24NO2P. The zero-order chi connectivity index (χ0) is 12.5. The zero-order valence-corrected chi connectivity index (χ0v) is 12.2. The maximum Gasteiger partial charge on any atom is 0.225 e. The van der Waals surface area contributed by atoms with Crippen molar-refractivity contribution in [2.45, 2.75) is 45.6 Å². The van der Waals surface area contributed by atoms with Gasteiger partial charge in [0.25, 0.3) is 0 Å². The summed E-state index contributed by atoms with van der Waals surface area (Å²) in [6.07, 6.45) is 5.30. The fourth-order valence-electron chi connectivity index (χ4n) is 3.13. The fraction of sp³-hybridized carbons (Fsp3) is 0.923. The first-order chi connectivity index (χ1) is 8.06. The van der Waals surface area contributed by atoms with Crippen molar-refractivity contribution in [3.05, 3.63) is 0 Å². The van der Waals surface area contributed by atoms with E-state index in [2.05, 4.69) is 6.66 Å². The number of carbonyl (C=O) groups excluding carboxylic acids is 1. The third-order valence-corrected chi connectivity index (χ3v) is 4.80. The lowest BCUT2D eigenvalue weighted by molar-refractivity contribution is -0.139. The van der Waals surface area contributed by atoms with E-state index in [1.54, 1.807) is 0 Å². The number of piperidine rings is 1. The molecule has 0 bridgehead atoms. The Balaban J connectivity index is 1.78. The van der Waals surface area contributed by atoms with Gasteiger partial charge in [-0.3, -0.25) is 4.79 Å². The van der Waals surface area contributed by atoms with Crippen LogP contribution in [0.25, 0.3) is 0 Å². The Labute approximate surface area is 106 Å². The molecule has 1 aliphatic heterocycles. The van der Waals surface area contributed by atoms with E-state index in [-0.39, 0.29) is 5.92 Å². The van der Waals surface area contributed by atoms with Crippen molar-refractivity contribution in [2.24, 2.45) is 11.3 Å². The van der Waals surface area contributed by atoms with Gasteiger partial charge < -0.3 is 9.42 Å². The Morgan fingerprint density at radius 3 is 2.41 bits per heavy atom. The molecule has 0 radical (unpaired) electrons. The molecule has 4 heteroatoms. The van der Waals surface area contributed by atoms with Gasteiger partial charge in [0.05, 0.1) is 6.10 Å². The highest BCUT2D eigenvalue weighted by Gasteiger charge is 2.46. The molecule has 1 spiro atoms. The minimum absolute atomic E-state index is 0.141. The lowest BCUT2D eigenvalue weighted by Crippen LogP contribution is -2.51. The first-order valence-corrected chi connectivity index (χ1v) is 8.08. The number of hydrogen-bond donors (Lipinski definition) is 0. The minimum Gasteiger partial charge on any atom is -0.359 e. The van der Waals surface area contributed by atoms with Crippen LogP contribution in [0.3, 0.4) is 0 Å². The molecule has 2 fully saturated rings. The van der Waals surface area contributed by atoms with Gasteiger partial charge in [-0.2, -0.15) is 0 Å². The predicted octanol–water partition coefficient (Wildman–Crippen LogP) is 2.65. The van der Waals surface area contributed by atoms with E-state index in [0.717, 1.165) is 13.1 Å². The minimum atomic E-state index is 0.141. The van der Waals surface area contributed by atoms with Crippen LogP contribution >= 0.6 is 8.81 Å². The van der Waals surface area contributed by atoms with E-state index in [4.69, 9.17) is 4.52 Å². The highest BCUT2D eigenvalue weighted by molar-refractivity contribution is 7.31. The molecule has 1 heterocycles. The van der Waals surface area contributed by atoms with Gasteiger partial charge in [-0.25, -0.2) is 0 Å². The Bertz CT molecular complexity index is 277. The SMILES string of the molecule is CPOC1CC2(CCN(C(=O)C(C)C)CC2)C1. The van der Waals surface area contributed by atoms with Crippen molar-refractivity contribution in [1.29, 1.82) is 0 Å². The molecule has 0 aromatic carbocycles. The van der Waals surface area contributed by atoms with Crippen LogP contribution in [0.2, 0.25) is 0 Å². The van der Waals surface area contributed by atoms with Gasteiger partial charge in [0.15, 0.2) is 0 Å². The Kier molecular flexibility index (Phi) is 4.10. The zero-order valence-electron chi connectivity index (χ0n) is 11.2. The molecular weight excluding hydrogens is 233 g/mol. The number of hydrogen-bond acceptors (Lipinski definition) is 2. The molecule has 1 unspecified atom stereocenters. The van der Waals surface area contributed by atoms with Gasteiger partial charge in [0.2, 0.25) is 5.91 Å². The van der Waals surface area contributed by atoms with Crippen molar-refractivity contribution in [1.82, 2.24) is 4.90 Å². The van der Waals surface area contributed by atoms with E-state index >= 15 is 0 Å². The second kappa shape index (κ2) is 5.24. The van der Waals surface area contributed by atoms with Crippen molar-refractivity contribution < 1.29 is 9.32 Å². The van der Waals surface area contributed by atoms with Gasteiger partial charge in [-0.05, 0) is 37.8 Å². The normalized spacial score (nSPS) is 24.8. The standard InChI is InChI=1S/C13H24NO2P/c1-10(2)12(15)14-6-4-13(5-7-14)8-11(9-13)16-17-3/h10-11,17H,4-9H2,1-3H3. The van der Waals surface area contributed by atoms with Crippen molar-refractivity contribution in [2.75, 3.05) is 19.8 Å². The first-order valence-electron chi connectivity index (χ1n) is 6.67. The summed E-state index contributed by atoms with van der Waals surface area (Å²) in [5, 5.41) is 0. The highest BCUT2D eigenvalue weighted by atomic mass is 31.1. The molecule has 1 saturated carbocycles. The van der Waals surface area contributed by atoms with Crippen LogP contribution in [-0.2, 0) is 9.32 Å². The smallest absolute Gasteiger partial charge is 0.225 e. The lowest BCUT2D eigenvalue weighted by Gasteiger charge is -2.51. The van der Waals surface area contributed by atoms with Gasteiger partial charge in [-0.15, -0.1) is 0 Å². The van der Waals surface area contributed by atoms with Crippen LogP contribution in [0.15, 0.2) is 0 Å². The summed E-state index contributed by atoms with van der Waals surface area (Å²) in [7, 11) is 0.617. The molecule has 1 saturated heterocycles. The van der Waals surface area contributed by atoms with Crippen molar-refractivity contribution in [3.8, 4) is 0 Å². The van der Waals surface area contributed by atoms with Crippen LogP contribution in [-0.4, -0.2) is 36.7 Å². The first kappa shape index (κ1) is 13.3. The Hall–Kier alpha value is -0.140. The van der Waals surface area contributed by atoms with E-state index < -0.39 is 0 Å². The number of likely N-dealkylation sites (tertiary alicyclic amines) is 1. The van der Waals surface area contributed by atoms with Crippen LogP contribution in [0.1, 0.15) is 39.5 Å². The lowest BCUT2D eigenvalue weighted by atomic mass is 9.61. The molecule has 1 atom stereocenters.